The summed E-state index contributed by atoms with van der Waals surface area (Å²) in [4.78, 5) is 4.66. The summed E-state index contributed by atoms with van der Waals surface area (Å²) in [6, 6.07) is 7.92. The molecule has 4 rings (SSSR count). The van der Waals surface area contributed by atoms with Crippen molar-refractivity contribution < 1.29 is 9.47 Å². The van der Waals surface area contributed by atoms with Gasteiger partial charge in [-0.3, -0.25) is 4.98 Å². The highest BCUT2D eigenvalue weighted by atomic mass is 16.5. The van der Waals surface area contributed by atoms with Crippen molar-refractivity contribution in [2.24, 2.45) is 0 Å². The average Bonchev–Trinajstić information content (AvgIpc) is 2.73. The van der Waals surface area contributed by atoms with Crippen LogP contribution in [0.4, 0.5) is 0 Å². The lowest BCUT2D eigenvalue weighted by Gasteiger charge is -2.14. The Kier molecular flexibility index (Phi) is 4.50. The van der Waals surface area contributed by atoms with Crippen LogP contribution < -0.4 is 14.8 Å². The fraction of sp³-hybridized carbons (Fsp3) is 0.250. The average molecular weight is 348 g/mol. The standard InChI is InChI=1S/C20H20N4O2/c1-25-19-9-15-16(12-23-24-18(15)10-20(19)26-2)14-3-4-17(22-11-14)13-5-7-21-8-6-13/h3-5,9-12,21H,6-8H2,1-2H3. The molecule has 3 aromatic rings. The van der Waals surface area contributed by atoms with Crippen molar-refractivity contribution in [3.05, 3.63) is 48.4 Å². The highest BCUT2D eigenvalue weighted by molar-refractivity contribution is 5.95. The number of ether oxygens (including phenoxy) is 2. The van der Waals surface area contributed by atoms with Crippen LogP contribution in [-0.4, -0.2) is 42.5 Å². The van der Waals surface area contributed by atoms with Gasteiger partial charge in [-0.2, -0.15) is 10.2 Å². The summed E-state index contributed by atoms with van der Waals surface area (Å²) in [6.45, 7) is 1.90. The highest BCUT2D eigenvalue weighted by Gasteiger charge is 2.13. The van der Waals surface area contributed by atoms with Crippen molar-refractivity contribution in [3.63, 3.8) is 0 Å². The van der Waals surface area contributed by atoms with Crippen LogP contribution in [0.25, 0.3) is 27.6 Å². The van der Waals surface area contributed by atoms with Gasteiger partial charge in [-0.25, -0.2) is 0 Å². The van der Waals surface area contributed by atoms with E-state index in [1.54, 1.807) is 20.4 Å². The zero-order chi connectivity index (χ0) is 17.9. The zero-order valence-corrected chi connectivity index (χ0v) is 14.8. The van der Waals surface area contributed by atoms with E-state index >= 15 is 0 Å². The molecule has 0 atom stereocenters. The maximum atomic E-state index is 5.43. The van der Waals surface area contributed by atoms with E-state index in [0.29, 0.717) is 11.5 Å². The summed E-state index contributed by atoms with van der Waals surface area (Å²) in [5, 5.41) is 12.6. The molecule has 6 nitrogen and oxygen atoms in total. The molecule has 132 valence electrons. The lowest BCUT2D eigenvalue weighted by atomic mass is 10.0. The Labute approximate surface area is 151 Å². The molecule has 1 aliphatic rings. The number of aromatic nitrogens is 3. The van der Waals surface area contributed by atoms with Crippen LogP contribution in [-0.2, 0) is 0 Å². The van der Waals surface area contributed by atoms with Gasteiger partial charge in [0, 0.05) is 35.3 Å². The third-order valence-electron chi connectivity index (χ3n) is 4.61. The molecule has 0 saturated carbocycles. The van der Waals surface area contributed by atoms with E-state index in [9.17, 15) is 0 Å². The van der Waals surface area contributed by atoms with Crippen LogP contribution >= 0.6 is 0 Å². The van der Waals surface area contributed by atoms with E-state index in [2.05, 4.69) is 38.7 Å². The number of fused-ring (bicyclic) bond motifs is 1. The Bertz CT molecular complexity index is 967. The van der Waals surface area contributed by atoms with Gasteiger partial charge in [-0.15, -0.1) is 0 Å². The first-order chi connectivity index (χ1) is 12.8. The van der Waals surface area contributed by atoms with Gasteiger partial charge in [0.1, 0.15) is 0 Å². The molecule has 3 heterocycles. The Hall–Kier alpha value is -2.99. The number of pyridine rings is 1. The Morgan fingerprint density at radius 3 is 2.58 bits per heavy atom. The number of hydrogen-bond acceptors (Lipinski definition) is 6. The monoisotopic (exact) mass is 348 g/mol. The third-order valence-corrected chi connectivity index (χ3v) is 4.61. The minimum atomic E-state index is 0.637. The number of nitrogens with one attached hydrogen (secondary N) is 1. The van der Waals surface area contributed by atoms with Gasteiger partial charge in [0.05, 0.1) is 31.6 Å². The number of methoxy groups -OCH3 is 2. The SMILES string of the molecule is COc1cc2nncc(-c3ccc(C4=CCNCC4)nc3)c2cc1OC. The Morgan fingerprint density at radius 1 is 1.04 bits per heavy atom. The molecule has 0 spiro atoms. The lowest BCUT2D eigenvalue weighted by Crippen LogP contribution is -2.20. The molecular formula is C20H20N4O2. The maximum absolute atomic E-state index is 5.43. The number of rotatable bonds is 4. The number of benzene rings is 1. The molecule has 0 unspecified atom stereocenters. The minimum absolute atomic E-state index is 0.637. The van der Waals surface area contributed by atoms with E-state index in [1.165, 1.54) is 5.57 Å². The molecule has 0 bridgehead atoms. The molecule has 0 saturated heterocycles. The molecule has 1 aliphatic heterocycles. The predicted octanol–water partition coefficient (Wildman–Crippen LogP) is 3.09. The molecule has 0 amide bonds. The van der Waals surface area contributed by atoms with Crippen molar-refractivity contribution in [3.8, 4) is 22.6 Å². The smallest absolute Gasteiger partial charge is 0.162 e. The second-order valence-corrected chi connectivity index (χ2v) is 6.10. The summed E-state index contributed by atoms with van der Waals surface area (Å²) in [5.41, 5.74) is 5.04. The molecule has 0 fully saturated rings. The van der Waals surface area contributed by atoms with Crippen LogP contribution in [0.2, 0.25) is 0 Å². The number of hydrogen-bond donors (Lipinski definition) is 1. The molecule has 0 aliphatic carbocycles. The van der Waals surface area contributed by atoms with Crippen molar-refractivity contribution in [1.82, 2.24) is 20.5 Å². The van der Waals surface area contributed by atoms with Crippen LogP contribution in [0, 0.1) is 0 Å². The fourth-order valence-electron chi connectivity index (χ4n) is 3.21. The third kappa shape index (κ3) is 2.99. The van der Waals surface area contributed by atoms with Crippen LogP contribution in [0.5, 0.6) is 11.5 Å². The minimum Gasteiger partial charge on any atom is -0.493 e. The van der Waals surface area contributed by atoms with Crippen molar-refractivity contribution in [2.75, 3.05) is 27.3 Å². The zero-order valence-electron chi connectivity index (χ0n) is 14.8. The molecular weight excluding hydrogens is 328 g/mol. The van der Waals surface area contributed by atoms with Crippen molar-refractivity contribution >= 4 is 16.5 Å². The van der Waals surface area contributed by atoms with Gasteiger partial charge in [0.15, 0.2) is 11.5 Å². The van der Waals surface area contributed by atoms with Gasteiger partial charge in [0.2, 0.25) is 0 Å². The summed E-state index contributed by atoms with van der Waals surface area (Å²) in [5.74, 6) is 1.30. The topological polar surface area (TPSA) is 69.2 Å². The Morgan fingerprint density at radius 2 is 1.88 bits per heavy atom. The molecule has 1 aromatic carbocycles. The van der Waals surface area contributed by atoms with Crippen LogP contribution in [0.15, 0.2) is 42.7 Å². The van der Waals surface area contributed by atoms with Crippen LogP contribution in [0.3, 0.4) is 0 Å². The fourth-order valence-corrected chi connectivity index (χ4v) is 3.21. The first-order valence-electron chi connectivity index (χ1n) is 8.54. The summed E-state index contributed by atoms with van der Waals surface area (Å²) in [6.07, 6.45) is 6.86. The lowest BCUT2D eigenvalue weighted by molar-refractivity contribution is 0.356. The van der Waals surface area contributed by atoms with Crippen LogP contribution in [0.1, 0.15) is 12.1 Å². The summed E-state index contributed by atoms with van der Waals surface area (Å²) < 4.78 is 10.8. The van der Waals surface area contributed by atoms with E-state index in [1.807, 2.05) is 18.3 Å². The van der Waals surface area contributed by atoms with Gasteiger partial charge in [-0.05, 0) is 30.7 Å². The molecule has 0 radical (unpaired) electrons. The van der Waals surface area contributed by atoms with Gasteiger partial charge in [0.25, 0.3) is 0 Å². The van der Waals surface area contributed by atoms with E-state index in [-0.39, 0.29) is 0 Å². The van der Waals surface area contributed by atoms with E-state index < -0.39 is 0 Å². The first-order valence-corrected chi connectivity index (χ1v) is 8.54. The van der Waals surface area contributed by atoms with Gasteiger partial charge < -0.3 is 14.8 Å². The molecule has 1 N–H and O–H groups in total. The highest BCUT2D eigenvalue weighted by Crippen LogP contribution is 2.35. The van der Waals surface area contributed by atoms with Crippen molar-refractivity contribution in [2.45, 2.75) is 6.42 Å². The summed E-state index contributed by atoms with van der Waals surface area (Å²) >= 11 is 0. The molecule has 26 heavy (non-hydrogen) atoms. The number of nitrogens with zero attached hydrogens (tertiary/aromatic N) is 3. The van der Waals surface area contributed by atoms with E-state index in [4.69, 9.17) is 9.47 Å². The van der Waals surface area contributed by atoms with Gasteiger partial charge in [-0.1, -0.05) is 12.1 Å². The predicted molar refractivity (Wildman–Crippen MR) is 101 cm³/mol. The van der Waals surface area contributed by atoms with Crippen molar-refractivity contribution in [1.29, 1.82) is 0 Å². The summed E-state index contributed by atoms with van der Waals surface area (Å²) in [7, 11) is 3.24. The molecule has 2 aromatic heterocycles. The Balaban J connectivity index is 1.77. The second-order valence-electron chi connectivity index (χ2n) is 6.10. The molecule has 6 heteroatoms. The first kappa shape index (κ1) is 16.5. The van der Waals surface area contributed by atoms with Gasteiger partial charge >= 0.3 is 0 Å². The maximum Gasteiger partial charge on any atom is 0.162 e. The second kappa shape index (κ2) is 7.09. The van der Waals surface area contributed by atoms with E-state index in [0.717, 1.165) is 47.2 Å². The quantitative estimate of drug-likeness (QED) is 0.781. The largest absolute Gasteiger partial charge is 0.493 e. The normalized spacial score (nSPS) is 14.2.